The maximum Gasteiger partial charge on any atom is 0.318 e. The minimum Gasteiger partial charge on any atom is -0.361 e. The number of amides is 3. The van der Waals surface area contributed by atoms with Gasteiger partial charge in [0.25, 0.3) is 0 Å². The normalized spacial score (nSPS) is 18.1. The van der Waals surface area contributed by atoms with E-state index in [-0.39, 0.29) is 11.9 Å². The van der Waals surface area contributed by atoms with Crippen molar-refractivity contribution in [3.05, 3.63) is 35.5 Å². The molecule has 1 fully saturated rings. The number of rotatable bonds is 3. The third kappa shape index (κ3) is 3.16. The smallest absolute Gasteiger partial charge is 0.318 e. The molecule has 0 aliphatic carbocycles. The molecule has 122 valence electrons. The minimum atomic E-state index is -0.417. The van der Waals surface area contributed by atoms with Crippen LogP contribution in [0.15, 0.2) is 24.4 Å². The van der Waals surface area contributed by atoms with Crippen LogP contribution in [-0.2, 0) is 11.2 Å². The summed E-state index contributed by atoms with van der Waals surface area (Å²) in [4.78, 5) is 28.7. The lowest BCUT2D eigenvalue weighted by Gasteiger charge is -2.32. The average molecular weight is 314 g/mol. The molecule has 1 aromatic carbocycles. The van der Waals surface area contributed by atoms with Crippen LogP contribution in [0.2, 0.25) is 0 Å². The van der Waals surface area contributed by atoms with Gasteiger partial charge in [-0.25, -0.2) is 4.79 Å². The Morgan fingerprint density at radius 2 is 2.26 bits per heavy atom. The van der Waals surface area contributed by atoms with Crippen molar-refractivity contribution >= 4 is 22.8 Å². The van der Waals surface area contributed by atoms with Crippen LogP contribution in [0.1, 0.15) is 18.1 Å². The first-order valence-corrected chi connectivity index (χ1v) is 7.95. The minimum absolute atomic E-state index is 0.0987. The summed E-state index contributed by atoms with van der Waals surface area (Å²) < 4.78 is 0. The zero-order chi connectivity index (χ0) is 16.4. The maximum atomic E-state index is 12.2. The molecule has 0 bridgehead atoms. The van der Waals surface area contributed by atoms with Crippen molar-refractivity contribution in [3.8, 4) is 0 Å². The zero-order valence-electron chi connectivity index (χ0n) is 13.5. The number of piperazine rings is 1. The summed E-state index contributed by atoms with van der Waals surface area (Å²) in [5.74, 6) is -0.0987. The Morgan fingerprint density at radius 3 is 3.09 bits per heavy atom. The van der Waals surface area contributed by atoms with E-state index in [1.807, 2.05) is 6.20 Å². The lowest BCUT2D eigenvalue weighted by molar-refractivity contribution is -0.126. The van der Waals surface area contributed by atoms with Crippen molar-refractivity contribution in [2.24, 2.45) is 0 Å². The summed E-state index contributed by atoms with van der Waals surface area (Å²) in [6.45, 7) is 5.42. The Kier molecular flexibility index (Phi) is 4.23. The summed E-state index contributed by atoms with van der Waals surface area (Å²) in [6, 6.07) is 5.72. The molecule has 1 aromatic heterocycles. The van der Waals surface area contributed by atoms with Gasteiger partial charge in [0.05, 0.1) is 0 Å². The number of urea groups is 1. The van der Waals surface area contributed by atoms with Crippen molar-refractivity contribution in [2.75, 3.05) is 19.6 Å². The number of benzene rings is 1. The first-order chi connectivity index (χ1) is 11.1. The fourth-order valence-corrected chi connectivity index (χ4v) is 2.97. The molecule has 1 aliphatic rings. The van der Waals surface area contributed by atoms with Crippen molar-refractivity contribution in [3.63, 3.8) is 0 Å². The third-order valence-corrected chi connectivity index (χ3v) is 4.35. The Morgan fingerprint density at radius 1 is 1.43 bits per heavy atom. The predicted octanol–water partition coefficient (Wildman–Crippen LogP) is 1.55. The number of fused-ring (bicyclic) bond motifs is 1. The lowest BCUT2D eigenvalue weighted by atomic mass is 10.1. The molecule has 0 radical (unpaired) electrons. The van der Waals surface area contributed by atoms with Gasteiger partial charge in [0.2, 0.25) is 5.91 Å². The van der Waals surface area contributed by atoms with Gasteiger partial charge in [0.1, 0.15) is 6.04 Å². The fourth-order valence-electron chi connectivity index (χ4n) is 2.97. The molecule has 2 heterocycles. The van der Waals surface area contributed by atoms with E-state index >= 15 is 0 Å². The molecular formula is C17H22N4O2. The Hall–Kier alpha value is -2.50. The molecule has 0 saturated carbocycles. The van der Waals surface area contributed by atoms with Crippen LogP contribution in [0.5, 0.6) is 0 Å². The standard InChI is InChI=1S/C17H22N4O2/c1-11-3-4-14-13(10-20-15(14)9-11)5-6-19-17(23)21-8-7-18-16(22)12(21)2/h3-4,9-10,12,20H,5-8H2,1-2H3,(H,18,22)(H,19,23). The third-order valence-electron chi connectivity index (χ3n) is 4.35. The van der Waals surface area contributed by atoms with Gasteiger partial charge >= 0.3 is 6.03 Å². The van der Waals surface area contributed by atoms with Crippen LogP contribution >= 0.6 is 0 Å². The van der Waals surface area contributed by atoms with Gasteiger partial charge in [-0.1, -0.05) is 12.1 Å². The van der Waals surface area contributed by atoms with Crippen LogP contribution in [0.3, 0.4) is 0 Å². The number of nitrogens with one attached hydrogen (secondary N) is 3. The molecule has 3 rings (SSSR count). The topological polar surface area (TPSA) is 77.2 Å². The predicted molar refractivity (Wildman–Crippen MR) is 89.3 cm³/mol. The highest BCUT2D eigenvalue weighted by Crippen LogP contribution is 2.19. The van der Waals surface area contributed by atoms with Crippen LogP contribution in [-0.4, -0.2) is 47.5 Å². The second kappa shape index (κ2) is 6.32. The number of aryl methyl sites for hydroxylation is 1. The molecule has 3 amide bonds. The van der Waals surface area contributed by atoms with Crippen molar-refractivity contribution < 1.29 is 9.59 Å². The number of nitrogens with zero attached hydrogens (tertiary/aromatic N) is 1. The SMILES string of the molecule is Cc1ccc2c(CCNC(=O)N3CCNC(=O)C3C)c[nH]c2c1. The lowest BCUT2D eigenvalue weighted by Crippen LogP contribution is -2.58. The molecule has 2 aromatic rings. The number of aromatic amines is 1. The van der Waals surface area contributed by atoms with Gasteiger partial charge in [0, 0.05) is 36.7 Å². The number of hydrogen-bond acceptors (Lipinski definition) is 2. The van der Waals surface area contributed by atoms with Crippen LogP contribution in [0, 0.1) is 6.92 Å². The van der Waals surface area contributed by atoms with E-state index in [2.05, 4.69) is 40.7 Å². The second-order valence-electron chi connectivity index (χ2n) is 6.01. The maximum absolute atomic E-state index is 12.2. The molecule has 3 N–H and O–H groups in total. The summed E-state index contributed by atoms with van der Waals surface area (Å²) in [5.41, 5.74) is 3.52. The first-order valence-electron chi connectivity index (χ1n) is 7.95. The van der Waals surface area contributed by atoms with Crippen molar-refractivity contribution in [1.82, 2.24) is 20.5 Å². The van der Waals surface area contributed by atoms with E-state index < -0.39 is 6.04 Å². The molecule has 1 atom stereocenters. The summed E-state index contributed by atoms with van der Waals surface area (Å²) in [5, 5.41) is 6.86. The largest absolute Gasteiger partial charge is 0.361 e. The van der Waals surface area contributed by atoms with Crippen molar-refractivity contribution in [1.29, 1.82) is 0 Å². The van der Waals surface area contributed by atoms with Crippen molar-refractivity contribution in [2.45, 2.75) is 26.3 Å². The molecule has 1 aliphatic heterocycles. The highest BCUT2D eigenvalue weighted by Gasteiger charge is 2.28. The first kappa shape index (κ1) is 15.4. The quantitative estimate of drug-likeness (QED) is 0.804. The molecule has 0 spiro atoms. The van der Waals surface area contributed by atoms with Gasteiger partial charge in [-0.3, -0.25) is 4.79 Å². The Bertz CT molecular complexity index is 737. The summed E-state index contributed by atoms with van der Waals surface area (Å²) >= 11 is 0. The average Bonchev–Trinajstić information content (AvgIpc) is 2.92. The summed E-state index contributed by atoms with van der Waals surface area (Å²) in [7, 11) is 0. The number of carbonyl (C=O) groups excluding carboxylic acids is 2. The molecule has 1 saturated heterocycles. The highest BCUT2D eigenvalue weighted by molar-refractivity contribution is 5.88. The second-order valence-corrected chi connectivity index (χ2v) is 6.01. The Balaban J connectivity index is 1.58. The van der Waals surface area contributed by atoms with E-state index in [1.54, 1.807) is 11.8 Å². The number of aromatic nitrogens is 1. The van der Waals surface area contributed by atoms with Crippen LogP contribution < -0.4 is 10.6 Å². The van der Waals surface area contributed by atoms with E-state index in [9.17, 15) is 9.59 Å². The molecular weight excluding hydrogens is 292 g/mol. The number of H-pyrrole nitrogens is 1. The summed E-state index contributed by atoms with van der Waals surface area (Å²) in [6.07, 6.45) is 2.75. The van der Waals surface area contributed by atoms with Gasteiger partial charge < -0.3 is 20.5 Å². The Labute approximate surface area is 135 Å². The molecule has 23 heavy (non-hydrogen) atoms. The monoisotopic (exact) mass is 314 g/mol. The number of carbonyl (C=O) groups is 2. The van der Waals surface area contributed by atoms with E-state index in [0.717, 1.165) is 11.9 Å². The molecule has 1 unspecified atom stereocenters. The van der Waals surface area contributed by atoms with Gasteiger partial charge in [-0.2, -0.15) is 0 Å². The molecule has 6 nitrogen and oxygen atoms in total. The van der Waals surface area contributed by atoms with Gasteiger partial charge in [-0.15, -0.1) is 0 Å². The van der Waals surface area contributed by atoms with Gasteiger partial charge in [-0.05, 0) is 37.5 Å². The zero-order valence-corrected chi connectivity index (χ0v) is 13.5. The molecule has 6 heteroatoms. The van der Waals surface area contributed by atoms with E-state index in [1.165, 1.54) is 16.5 Å². The fraction of sp³-hybridized carbons (Fsp3) is 0.412. The highest BCUT2D eigenvalue weighted by atomic mass is 16.2. The van der Waals surface area contributed by atoms with Gasteiger partial charge in [0.15, 0.2) is 0 Å². The van der Waals surface area contributed by atoms with E-state index in [4.69, 9.17) is 0 Å². The van der Waals surface area contributed by atoms with Crippen LogP contribution in [0.25, 0.3) is 10.9 Å². The number of hydrogen-bond donors (Lipinski definition) is 3. The van der Waals surface area contributed by atoms with Crippen LogP contribution in [0.4, 0.5) is 4.79 Å². The van der Waals surface area contributed by atoms with E-state index in [0.29, 0.717) is 19.6 Å².